The second kappa shape index (κ2) is 6.75. The lowest BCUT2D eigenvalue weighted by molar-refractivity contribution is 0.233. The molecule has 1 N–H and O–H groups in total. The van der Waals surface area contributed by atoms with Crippen LogP contribution in [0, 0.1) is 18.3 Å². The molecule has 1 aliphatic heterocycles. The Morgan fingerprint density at radius 2 is 2.05 bits per heavy atom. The summed E-state index contributed by atoms with van der Waals surface area (Å²) in [6, 6.07) is 6.74. The highest BCUT2D eigenvalue weighted by atomic mass is 35.5. The highest BCUT2D eigenvalue weighted by molar-refractivity contribution is 7.89. The van der Waals surface area contributed by atoms with Crippen LogP contribution in [0.25, 0.3) is 0 Å². The average molecular weight is 330 g/mol. The van der Waals surface area contributed by atoms with Crippen LogP contribution in [0.5, 0.6) is 0 Å². The fourth-order valence-electron chi connectivity index (χ4n) is 2.42. The minimum Gasteiger partial charge on any atom is -0.311 e. The molecule has 0 bridgehead atoms. The summed E-state index contributed by atoms with van der Waals surface area (Å²) < 4.78 is 27.0. The maximum absolute atomic E-state index is 12.7. The zero-order valence-electron chi connectivity index (χ0n) is 12.3. The highest BCUT2D eigenvalue weighted by Crippen LogP contribution is 2.23. The first-order valence-electron chi connectivity index (χ1n) is 6.64. The van der Waals surface area contributed by atoms with Crippen molar-refractivity contribution in [2.24, 2.45) is 0 Å². The number of sulfonamides is 1. The van der Waals surface area contributed by atoms with Crippen molar-refractivity contribution < 1.29 is 8.42 Å². The first-order valence-corrected chi connectivity index (χ1v) is 8.08. The molecule has 1 aliphatic rings. The van der Waals surface area contributed by atoms with Crippen LogP contribution in [-0.2, 0) is 10.0 Å². The molecule has 0 aromatic heterocycles. The summed E-state index contributed by atoms with van der Waals surface area (Å²) in [7, 11) is -3.51. The molecule has 2 rings (SSSR count). The molecule has 0 radical (unpaired) electrons. The number of benzene rings is 1. The van der Waals surface area contributed by atoms with Gasteiger partial charge < -0.3 is 5.32 Å². The van der Waals surface area contributed by atoms with Crippen LogP contribution in [0.15, 0.2) is 23.1 Å². The van der Waals surface area contributed by atoms with Gasteiger partial charge in [-0.3, -0.25) is 0 Å². The third kappa shape index (κ3) is 3.38. The van der Waals surface area contributed by atoms with Crippen molar-refractivity contribution in [1.82, 2.24) is 9.62 Å². The van der Waals surface area contributed by atoms with E-state index in [9.17, 15) is 8.42 Å². The third-order valence-corrected chi connectivity index (χ3v) is 5.88. The van der Waals surface area contributed by atoms with E-state index < -0.39 is 10.0 Å². The van der Waals surface area contributed by atoms with Crippen molar-refractivity contribution in [2.45, 2.75) is 37.8 Å². The van der Waals surface area contributed by atoms with Crippen LogP contribution in [0.3, 0.4) is 0 Å². The second-order valence-corrected chi connectivity index (χ2v) is 7.08. The van der Waals surface area contributed by atoms with Crippen LogP contribution in [0.1, 0.15) is 25.0 Å². The molecule has 1 aromatic rings. The second-order valence-electron chi connectivity index (χ2n) is 5.19. The summed E-state index contributed by atoms with van der Waals surface area (Å²) in [4.78, 5) is 0.259. The molecule has 0 saturated carbocycles. The zero-order valence-corrected chi connectivity index (χ0v) is 14.0. The van der Waals surface area contributed by atoms with E-state index in [1.54, 1.807) is 19.1 Å². The molecule has 0 amide bonds. The monoisotopic (exact) mass is 329 g/mol. The van der Waals surface area contributed by atoms with Gasteiger partial charge >= 0.3 is 0 Å². The SMILES string of the molecule is Cc1cc(S(=O)(=O)N2CCNC(C)C2C)ccc1C#N.Cl. The Labute approximate surface area is 132 Å². The fourth-order valence-corrected chi connectivity index (χ4v) is 4.21. The summed E-state index contributed by atoms with van der Waals surface area (Å²) in [6.45, 7) is 6.76. The maximum Gasteiger partial charge on any atom is 0.243 e. The molecule has 21 heavy (non-hydrogen) atoms. The van der Waals surface area contributed by atoms with Gasteiger partial charge in [-0.15, -0.1) is 12.4 Å². The van der Waals surface area contributed by atoms with Crippen molar-refractivity contribution in [3.05, 3.63) is 29.3 Å². The van der Waals surface area contributed by atoms with Crippen LogP contribution >= 0.6 is 12.4 Å². The molecule has 5 nitrogen and oxygen atoms in total. The Balaban J connectivity index is 0.00000220. The number of nitriles is 1. The summed E-state index contributed by atoms with van der Waals surface area (Å²) in [5.74, 6) is 0. The predicted octanol–water partition coefficient (Wildman–Crippen LogP) is 1.66. The Hall–Kier alpha value is -1.13. The van der Waals surface area contributed by atoms with E-state index in [1.807, 2.05) is 13.8 Å². The number of hydrogen-bond donors (Lipinski definition) is 1. The molecule has 1 heterocycles. The van der Waals surface area contributed by atoms with Gasteiger partial charge in [0.05, 0.1) is 16.5 Å². The van der Waals surface area contributed by atoms with Crippen LogP contribution in [0.4, 0.5) is 0 Å². The average Bonchev–Trinajstić information content (AvgIpc) is 2.41. The van der Waals surface area contributed by atoms with Gasteiger partial charge in [-0.25, -0.2) is 8.42 Å². The quantitative estimate of drug-likeness (QED) is 0.895. The lowest BCUT2D eigenvalue weighted by Crippen LogP contribution is -2.57. The van der Waals surface area contributed by atoms with Crippen LogP contribution in [-0.4, -0.2) is 37.9 Å². The van der Waals surface area contributed by atoms with E-state index in [4.69, 9.17) is 5.26 Å². The Kier molecular flexibility index (Phi) is 5.76. The number of hydrogen-bond acceptors (Lipinski definition) is 4. The van der Waals surface area contributed by atoms with E-state index in [1.165, 1.54) is 10.4 Å². The molecule has 0 spiro atoms. The van der Waals surface area contributed by atoms with E-state index in [0.717, 1.165) is 0 Å². The molecule has 7 heteroatoms. The molecular weight excluding hydrogens is 310 g/mol. The summed E-state index contributed by atoms with van der Waals surface area (Å²) in [5, 5.41) is 12.2. The fraction of sp³-hybridized carbons (Fsp3) is 0.500. The minimum atomic E-state index is -3.51. The Bertz CT molecular complexity index is 655. The van der Waals surface area contributed by atoms with Gasteiger partial charge in [-0.05, 0) is 44.5 Å². The number of piperazine rings is 1. The molecule has 2 unspecified atom stereocenters. The van der Waals surface area contributed by atoms with Crippen molar-refractivity contribution in [3.8, 4) is 6.07 Å². The van der Waals surface area contributed by atoms with Crippen LogP contribution < -0.4 is 5.32 Å². The van der Waals surface area contributed by atoms with E-state index in [-0.39, 0.29) is 29.4 Å². The smallest absolute Gasteiger partial charge is 0.243 e. The lowest BCUT2D eigenvalue weighted by atomic mass is 10.1. The Morgan fingerprint density at radius 1 is 1.38 bits per heavy atom. The van der Waals surface area contributed by atoms with Crippen molar-refractivity contribution in [2.75, 3.05) is 13.1 Å². The number of aryl methyl sites for hydroxylation is 1. The largest absolute Gasteiger partial charge is 0.311 e. The van der Waals surface area contributed by atoms with Gasteiger partial charge in [-0.2, -0.15) is 9.57 Å². The first kappa shape index (κ1) is 17.9. The summed E-state index contributed by atoms with van der Waals surface area (Å²) in [5.41, 5.74) is 1.19. The summed E-state index contributed by atoms with van der Waals surface area (Å²) >= 11 is 0. The highest BCUT2D eigenvalue weighted by Gasteiger charge is 2.34. The van der Waals surface area contributed by atoms with Crippen molar-refractivity contribution in [1.29, 1.82) is 5.26 Å². The predicted molar refractivity (Wildman–Crippen MR) is 84.0 cm³/mol. The molecule has 0 aliphatic carbocycles. The first-order chi connectivity index (χ1) is 9.37. The lowest BCUT2D eigenvalue weighted by Gasteiger charge is -2.37. The van der Waals surface area contributed by atoms with E-state index in [0.29, 0.717) is 24.2 Å². The van der Waals surface area contributed by atoms with Gasteiger partial charge in [0.25, 0.3) is 0 Å². The minimum absolute atomic E-state index is 0. The van der Waals surface area contributed by atoms with Crippen LogP contribution in [0.2, 0.25) is 0 Å². The molecule has 1 fully saturated rings. The van der Waals surface area contributed by atoms with Gasteiger partial charge in [0.1, 0.15) is 0 Å². The molecular formula is C14H20ClN3O2S. The Morgan fingerprint density at radius 3 is 2.62 bits per heavy atom. The maximum atomic E-state index is 12.7. The van der Waals surface area contributed by atoms with Gasteiger partial charge in [0.15, 0.2) is 0 Å². The number of rotatable bonds is 2. The molecule has 116 valence electrons. The zero-order chi connectivity index (χ0) is 14.9. The molecule has 1 saturated heterocycles. The van der Waals surface area contributed by atoms with E-state index in [2.05, 4.69) is 11.4 Å². The number of nitrogens with one attached hydrogen (secondary N) is 1. The molecule has 2 atom stereocenters. The standard InChI is InChI=1S/C14H19N3O2S.ClH/c1-10-8-14(5-4-13(10)9-15)20(18,19)17-7-6-16-11(2)12(17)3;/h4-5,8,11-12,16H,6-7H2,1-3H3;1H. The van der Waals surface area contributed by atoms with Crippen molar-refractivity contribution in [3.63, 3.8) is 0 Å². The third-order valence-electron chi connectivity index (χ3n) is 3.90. The molecule has 1 aromatic carbocycles. The van der Waals surface area contributed by atoms with Gasteiger partial charge in [0, 0.05) is 25.2 Å². The van der Waals surface area contributed by atoms with E-state index >= 15 is 0 Å². The topological polar surface area (TPSA) is 73.2 Å². The summed E-state index contributed by atoms with van der Waals surface area (Å²) in [6.07, 6.45) is 0. The van der Waals surface area contributed by atoms with Gasteiger partial charge in [-0.1, -0.05) is 0 Å². The number of nitrogens with zero attached hydrogens (tertiary/aromatic N) is 2. The van der Waals surface area contributed by atoms with Crippen molar-refractivity contribution >= 4 is 22.4 Å². The normalized spacial score (nSPS) is 23.1. The van der Waals surface area contributed by atoms with Gasteiger partial charge in [0.2, 0.25) is 10.0 Å². The number of halogens is 1.